The first kappa shape index (κ1) is 34.8. The van der Waals surface area contributed by atoms with Gasteiger partial charge in [0.25, 0.3) is 0 Å². The zero-order valence-electron chi connectivity index (χ0n) is 29.5. The number of fused-ring (bicyclic) bond motifs is 4. The Bertz CT molecular complexity index is 2480. The summed E-state index contributed by atoms with van der Waals surface area (Å²) in [6.07, 6.45) is 3.84. The van der Waals surface area contributed by atoms with E-state index in [0.29, 0.717) is 43.6 Å². The second kappa shape index (κ2) is 13.4. The van der Waals surface area contributed by atoms with Crippen LogP contribution in [0.3, 0.4) is 0 Å². The number of hydrogen-bond acceptors (Lipinski definition) is 6. The van der Waals surface area contributed by atoms with Crippen LogP contribution in [0.4, 0.5) is 5.69 Å². The number of carbonyl (C=O) groups is 5. The highest BCUT2D eigenvalue weighted by atomic mass is 79.9. The summed E-state index contributed by atoms with van der Waals surface area (Å²) >= 11 is 3.58. The topological polar surface area (TPSA) is 109 Å². The first-order chi connectivity index (χ1) is 26.7. The average molecular weight is 789 g/mol. The Morgan fingerprint density at radius 2 is 1.36 bits per heavy atom. The van der Waals surface area contributed by atoms with Crippen molar-refractivity contribution in [3.05, 3.63) is 183 Å². The Balaban J connectivity index is 1.18. The molecule has 3 aliphatic carbocycles. The number of amides is 2. The molecule has 0 spiro atoms. The highest BCUT2D eigenvalue weighted by Gasteiger charge is 2.66. The molecule has 1 heterocycles. The molecule has 1 saturated carbocycles. The van der Waals surface area contributed by atoms with E-state index in [1.807, 2.05) is 72.8 Å². The van der Waals surface area contributed by atoms with E-state index in [1.165, 1.54) is 11.0 Å². The molecule has 1 N–H and O–H groups in total. The molecule has 270 valence electrons. The van der Waals surface area contributed by atoms with E-state index < -0.39 is 35.0 Å². The van der Waals surface area contributed by atoms with Gasteiger partial charge >= 0.3 is 0 Å². The fraction of sp³-hybridized carbons (Fsp3) is 0.170. The second-order valence-corrected chi connectivity index (χ2v) is 15.7. The molecular formula is C47H34BrNO6. The number of imide groups is 1. The number of allylic oxidation sites excluding steroid dienone is 4. The van der Waals surface area contributed by atoms with Crippen molar-refractivity contribution < 1.29 is 29.1 Å². The van der Waals surface area contributed by atoms with Crippen LogP contribution in [0.2, 0.25) is 0 Å². The van der Waals surface area contributed by atoms with Crippen LogP contribution in [0, 0.1) is 23.7 Å². The number of rotatable bonds is 6. The molecule has 0 unspecified atom stereocenters. The molecule has 7 nitrogen and oxygen atoms in total. The third-order valence-electron chi connectivity index (χ3n) is 12.1. The van der Waals surface area contributed by atoms with E-state index in [0.717, 1.165) is 5.57 Å². The molecule has 8 heteroatoms. The summed E-state index contributed by atoms with van der Waals surface area (Å²) in [5, 5.41) is 11.6. The Kier molecular flexibility index (Phi) is 8.46. The second-order valence-electron chi connectivity index (χ2n) is 14.7. The van der Waals surface area contributed by atoms with E-state index in [-0.39, 0.29) is 47.8 Å². The van der Waals surface area contributed by atoms with Gasteiger partial charge in [-0.25, -0.2) is 0 Å². The largest absolute Gasteiger partial charge is 0.508 e. The number of aromatic hydroxyl groups is 1. The van der Waals surface area contributed by atoms with Crippen molar-refractivity contribution in [2.24, 2.45) is 23.7 Å². The third-order valence-corrected chi connectivity index (χ3v) is 12.6. The van der Waals surface area contributed by atoms with Crippen molar-refractivity contribution in [2.75, 3.05) is 4.90 Å². The summed E-state index contributed by atoms with van der Waals surface area (Å²) in [5.41, 5.74) is 2.68. The molecule has 0 bridgehead atoms. The number of phenolic OH excluding ortho intramolecular Hbond substituents is 1. The Morgan fingerprint density at radius 1 is 0.727 bits per heavy atom. The first-order valence-corrected chi connectivity index (χ1v) is 19.2. The summed E-state index contributed by atoms with van der Waals surface area (Å²) in [5.74, 6) is -5.25. The molecule has 1 saturated heterocycles. The lowest BCUT2D eigenvalue weighted by Crippen LogP contribution is -2.58. The molecule has 4 aliphatic rings. The van der Waals surface area contributed by atoms with Gasteiger partial charge in [0.05, 0.1) is 22.9 Å². The summed E-state index contributed by atoms with van der Waals surface area (Å²) in [6.45, 7) is 0. The Hall–Kier alpha value is -5.99. The quantitative estimate of drug-likeness (QED) is 0.105. The van der Waals surface area contributed by atoms with E-state index in [1.54, 1.807) is 66.7 Å². The predicted octanol–water partition coefficient (Wildman–Crippen LogP) is 8.41. The van der Waals surface area contributed by atoms with Crippen LogP contribution in [0.15, 0.2) is 156 Å². The van der Waals surface area contributed by atoms with E-state index in [4.69, 9.17) is 0 Å². The number of nitrogens with zero attached hydrogens (tertiary/aromatic N) is 1. The minimum absolute atomic E-state index is 0.0374. The zero-order chi connectivity index (χ0) is 38.0. The van der Waals surface area contributed by atoms with Gasteiger partial charge in [-0.3, -0.25) is 28.9 Å². The van der Waals surface area contributed by atoms with Crippen LogP contribution in [0.5, 0.6) is 5.75 Å². The summed E-state index contributed by atoms with van der Waals surface area (Å²) < 4.78 is 0.680. The van der Waals surface area contributed by atoms with Crippen molar-refractivity contribution >= 4 is 56.4 Å². The van der Waals surface area contributed by atoms with Crippen molar-refractivity contribution in [3.63, 3.8) is 0 Å². The van der Waals surface area contributed by atoms with Crippen LogP contribution in [-0.4, -0.2) is 34.3 Å². The maximum atomic E-state index is 15.2. The number of benzene rings is 5. The smallest absolute Gasteiger partial charge is 0.238 e. The summed E-state index contributed by atoms with van der Waals surface area (Å²) in [7, 11) is 0. The molecule has 2 fully saturated rings. The van der Waals surface area contributed by atoms with Crippen molar-refractivity contribution in [2.45, 2.75) is 24.2 Å². The summed E-state index contributed by atoms with van der Waals surface area (Å²) in [4.78, 5) is 73.6. The number of carbonyl (C=O) groups excluding carboxylic acids is 5. The van der Waals surface area contributed by atoms with Crippen LogP contribution in [0.1, 0.15) is 51.4 Å². The SMILES string of the molecule is O=C(c1ccccc1)c1ccc(N2C(=O)[C@H]3[C@H](CC=C4[C@H]3C[C@H]3C(=O)C(c5ccccc5)=CC(=O)[C@@]3(c3ccccc3)[C@H]4c3cc(Br)ccc3O)C2=O)cc1. The van der Waals surface area contributed by atoms with Gasteiger partial charge in [-0.15, -0.1) is 0 Å². The maximum Gasteiger partial charge on any atom is 0.238 e. The minimum atomic E-state index is -1.45. The molecule has 9 rings (SSSR count). The van der Waals surface area contributed by atoms with E-state index in [2.05, 4.69) is 15.9 Å². The van der Waals surface area contributed by atoms with Gasteiger partial charge in [-0.05, 0) is 78.4 Å². The molecule has 5 aromatic rings. The fourth-order valence-electron chi connectivity index (χ4n) is 9.75. The number of Topliss-reactive ketones (excluding diaryl/α,β-unsaturated/α-hetero) is 1. The van der Waals surface area contributed by atoms with Crippen LogP contribution >= 0.6 is 15.9 Å². The molecule has 1 aliphatic heterocycles. The fourth-order valence-corrected chi connectivity index (χ4v) is 10.1. The van der Waals surface area contributed by atoms with Crippen molar-refractivity contribution in [1.82, 2.24) is 0 Å². The number of halogens is 1. The number of ketones is 3. The molecule has 0 aromatic heterocycles. The van der Waals surface area contributed by atoms with Gasteiger partial charge in [0, 0.05) is 38.6 Å². The zero-order valence-corrected chi connectivity index (χ0v) is 31.1. The molecule has 55 heavy (non-hydrogen) atoms. The average Bonchev–Trinajstić information content (AvgIpc) is 3.48. The normalized spacial score (nSPS) is 25.8. The lowest BCUT2D eigenvalue weighted by Gasteiger charge is -2.55. The third kappa shape index (κ3) is 5.34. The highest BCUT2D eigenvalue weighted by molar-refractivity contribution is 9.10. The Morgan fingerprint density at radius 3 is 2.05 bits per heavy atom. The lowest BCUT2D eigenvalue weighted by molar-refractivity contribution is -0.135. The lowest BCUT2D eigenvalue weighted by atomic mass is 9.44. The predicted molar refractivity (Wildman–Crippen MR) is 211 cm³/mol. The standard InChI is InChI=1S/C47H34BrNO6/c48-31-18-23-39(50)37(24-31)42-33-21-22-34-41(46(55)49(45(34)54)32-19-16-29(17-20-32)43(52)28-12-6-2-7-13-28)36(33)25-38-44(53)35(27-10-4-1-5-11-27)26-40(51)47(38,42)30-14-8-3-9-15-30/h1-21,23-24,26,34,36,38,41-42,50H,22,25H2/t34-,36+,38-,41-,42+,47-/m0/s1. The minimum Gasteiger partial charge on any atom is -0.508 e. The molecule has 0 radical (unpaired) electrons. The van der Waals surface area contributed by atoms with Gasteiger partial charge < -0.3 is 5.11 Å². The van der Waals surface area contributed by atoms with Crippen LogP contribution in [0.25, 0.3) is 5.57 Å². The van der Waals surface area contributed by atoms with Gasteiger partial charge in [0.2, 0.25) is 11.8 Å². The van der Waals surface area contributed by atoms with E-state index in [9.17, 15) is 19.5 Å². The van der Waals surface area contributed by atoms with Crippen LogP contribution < -0.4 is 4.90 Å². The molecule has 2 amide bonds. The maximum absolute atomic E-state index is 15.2. The number of hydrogen-bond donors (Lipinski definition) is 1. The first-order valence-electron chi connectivity index (χ1n) is 18.4. The van der Waals surface area contributed by atoms with E-state index >= 15 is 9.59 Å². The highest BCUT2D eigenvalue weighted by Crippen LogP contribution is 2.64. The number of anilines is 1. The number of phenols is 1. The Labute approximate surface area is 326 Å². The van der Waals surface area contributed by atoms with Gasteiger partial charge in [-0.2, -0.15) is 0 Å². The van der Waals surface area contributed by atoms with Gasteiger partial charge in [0.1, 0.15) is 5.75 Å². The van der Waals surface area contributed by atoms with Crippen molar-refractivity contribution in [3.8, 4) is 5.75 Å². The van der Waals surface area contributed by atoms with Crippen molar-refractivity contribution in [1.29, 1.82) is 0 Å². The summed E-state index contributed by atoms with van der Waals surface area (Å²) in [6, 6.07) is 38.9. The molecule has 5 aromatic carbocycles. The molecular weight excluding hydrogens is 754 g/mol. The monoisotopic (exact) mass is 787 g/mol. The van der Waals surface area contributed by atoms with Gasteiger partial charge in [0.15, 0.2) is 17.3 Å². The van der Waals surface area contributed by atoms with Crippen LogP contribution in [-0.2, 0) is 24.6 Å². The molecule has 6 atom stereocenters. The van der Waals surface area contributed by atoms with Gasteiger partial charge in [-0.1, -0.05) is 119 Å².